The zero-order chi connectivity index (χ0) is 13.1. The van der Waals surface area contributed by atoms with Crippen molar-refractivity contribution in [3.63, 3.8) is 0 Å². The number of unbranched alkanes of at least 4 members (excludes halogenated alkanes) is 1. The quantitative estimate of drug-likeness (QED) is 0.612. The fourth-order valence-electron chi connectivity index (χ4n) is 2.56. The van der Waals surface area contributed by atoms with Gasteiger partial charge in [0.1, 0.15) is 0 Å². The van der Waals surface area contributed by atoms with Crippen molar-refractivity contribution in [2.45, 2.75) is 64.4 Å². The third-order valence-electron chi connectivity index (χ3n) is 3.77. The van der Waals surface area contributed by atoms with E-state index in [2.05, 4.69) is 0 Å². The highest BCUT2D eigenvalue weighted by Gasteiger charge is 2.13. The molecule has 108 valence electrons. The Morgan fingerprint density at radius 2 is 1.89 bits per heavy atom. The van der Waals surface area contributed by atoms with E-state index < -0.39 is 0 Å². The highest BCUT2D eigenvalue weighted by atomic mass is 16.5. The van der Waals surface area contributed by atoms with Crippen LogP contribution in [0.1, 0.15) is 58.3 Å². The minimum atomic E-state index is -0.125. The topological polar surface area (TPSA) is 38.7 Å². The highest BCUT2D eigenvalue weighted by molar-refractivity contribution is 4.64. The van der Waals surface area contributed by atoms with Crippen LogP contribution in [0.25, 0.3) is 0 Å². The van der Waals surface area contributed by atoms with Gasteiger partial charge in [0, 0.05) is 26.4 Å². The summed E-state index contributed by atoms with van der Waals surface area (Å²) in [5.41, 5.74) is 0. The summed E-state index contributed by atoms with van der Waals surface area (Å²) in [7, 11) is 0. The number of aliphatic hydroxyl groups is 1. The summed E-state index contributed by atoms with van der Waals surface area (Å²) in [5.74, 6) is 0.869. The van der Waals surface area contributed by atoms with Crippen LogP contribution in [-0.4, -0.2) is 37.6 Å². The van der Waals surface area contributed by atoms with E-state index in [0.717, 1.165) is 58.0 Å². The van der Waals surface area contributed by atoms with Crippen molar-refractivity contribution in [1.82, 2.24) is 0 Å². The molecule has 3 heteroatoms. The van der Waals surface area contributed by atoms with E-state index in [1.165, 1.54) is 25.7 Å². The summed E-state index contributed by atoms with van der Waals surface area (Å²) in [6.07, 6.45) is 8.89. The van der Waals surface area contributed by atoms with Crippen LogP contribution in [-0.2, 0) is 9.47 Å². The van der Waals surface area contributed by atoms with E-state index in [1.54, 1.807) is 0 Å². The molecule has 1 aliphatic rings. The molecule has 0 radical (unpaired) electrons. The number of rotatable bonds is 10. The first kappa shape index (κ1) is 15.9. The Morgan fingerprint density at radius 1 is 1.17 bits per heavy atom. The van der Waals surface area contributed by atoms with E-state index in [1.807, 2.05) is 6.92 Å². The van der Waals surface area contributed by atoms with E-state index in [0.29, 0.717) is 0 Å². The van der Waals surface area contributed by atoms with Gasteiger partial charge in [-0.05, 0) is 44.9 Å². The molecule has 1 heterocycles. The average molecular weight is 258 g/mol. The number of hydrogen-bond donors (Lipinski definition) is 1. The van der Waals surface area contributed by atoms with Gasteiger partial charge in [0.25, 0.3) is 0 Å². The van der Waals surface area contributed by atoms with Crippen molar-refractivity contribution in [1.29, 1.82) is 0 Å². The van der Waals surface area contributed by atoms with E-state index >= 15 is 0 Å². The molecule has 0 saturated carbocycles. The largest absolute Gasteiger partial charge is 0.393 e. The van der Waals surface area contributed by atoms with Gasteiger partial charge in [-0.1, -0.05) is 19.3 Å². The Hall–Kier alpha value is -0.120. The molecule has 3 nitrogen and oxygen atoms in total. The van der Waals surface area contributed by atoms with Crippen molar-refractivity contribution >= 4 is 0 Å². The molecule has 0 aromatic heterocycles. The van der Waals surface area contributed by atoms with Crippen LogP contribution in [0, 0.1) is 5.92 Å². The van der Waals surface area contributed by atoms with Crippen LogP contribution in [0.5, 0.6) is 0 Å². The molecule has 1 saturated heterocycles. The maximum absolute atomic E-state index is 9.81. The Labute approximate surface area is 112 Å². The van der Waals surface area contributed by atoms with Crippen LogP contribution in [0.2, 0.25) is 0 Å². The third kappa shape index (κ3) is 8.06. The Morgan fingerprint density at radius 3 is 2.61 bits per heavy atom. The first-order chi connectivity index (χ1) is 8.83. The van der Waals surface area contributed by atoms with Gasteiger partial charge in [0.15, 0.2) is 0 Å². The summed E-state index contributed by atoms with van der Waals surface area (Å²) in [5, 5.41) is 9.81. The van der Waals surface area contributed by atoms with Crippen molar-refractivity contribution in [2.75, 3.05) is 26.4 Å². The molecular weight excluding hydrogens is 228 g/mol. The standard InChI is InChI=1S/C15H30O3/c1-2-17-11-5-8-15(16)7-4-3-6-14-9-12-18-13-10-14/h14-16H,2-13H2,1H3. The second-order valence-electron chi connectivity index (χ2n) is 5.33. The van der Waals surface area contributed by atoms with Gasteiger partial charge in [-0.2, -0.15) is 0 Å². The summed E-state index contributed by atoms with van der Waals surface area (Å²) >= 11 is 0. The van der Waals surface area contributed by atoms with Crippen molar-refractivity contribution in [3.8, 4) is 0 Å². The van der Waals surface area contributed by atoms with Crippen LogP contribution >= 0.6 is 0 Å². The van der Waals surface area contributed by atoms with Gasteiger partial charge in [0.2, 0.25) is 0 Å². The maximum atomic E-state index is 9.81. The van der Waals surface area contributed by atoms with Crippen LogP contribution in [0.15, 0.2) is 0 Å². The second kappa shape index (κ2) is 10.8. The summed E-state index contributed by atoms with van der Waals surface area (Å²) < 4.78 is 10.6. The molecule has 0 aromatic rings. The van der Waals surface area contributed by atoms with Crippen LogP contribution < -0.4 is 0 Å². The summed E-state index contributed by atoms with van der Waals surface area (Å²) in [6, 6.07) is 0. The molecule has 1 rings (SSSR count). The van der Waals surface area contributed by atoms with Crippen LogP contribution in [0.4, 0.5) is 0 Å². The Balaban J connectivity index is 1.86. The van der Waals surface area contributed by atoms with Crippen molar-refractivity contribution in [3.05, 3.63) is 0 Å². The Kier molecular flexibility index (Phi) is 9.54. The minimum Gasteiger partial charge on any atom is -0.393 e. The zero-order valence-corrected chi connectivity index (χ0v) is 11.9. The molecule has 1 aliphatic heterocycles. The van der Waals surface area contributed by atoms with E-state index in [4.69, 9.17) is 9.47 Å². The minimum absolute atomic E-state index is 0.125. The molecule has 18 heavy (non-hydrogen) atoms. The first-order valence-electron chi connectivity index (χ1n) is 7.66. The van der Waals surface area contributed by atoms with Crippen LogP contribution in [0.3, 0.4) is 0 Å². The lowest BCUT2D eigenvalue weighted by atomic mass is 9.93. The summed E-state index contributed by atoms with van der Waals surface area (Å²) in [4.78, 5) is 0. The zero-order valence-electron chi connectivity index (χ0n) is 11.9. The summed E-state index contributed by atoms with van der Waals surface area (Å²) in [6.45, 7) is 5.47. The predicted molar refractivity (Wildman–Crippen MR) is 73.7 cm³/mol. The SMILES string of the molecule is CCOCCCC(O)CCCCC1CCOCC1. The molecule has 0 bridgehead atoms. The third-order valence-corrected chi connectivity index (χ3v) is 3.77. The molecule has 1 N–H and O–H groups in total. The average Bonchev–Trinajstić information content (AvgIpc) is 2.41. The fourth-order valence-corrected chi connectivity index (χ4v) is 2.56. The van der Waals surface area contributed by atoms with Crippen molar-refractivity contribution in [2.24, 2.45) is 5.92 Å². The van der Waals surface area contributed by atoms with Gasteiger partial charge >= 0.3 is 0 Å². The maximum Gasteiger partial charge on any atom is 0.0541 e. The number of aliphatic hydroxyl groups excluding tert-OH is 1. The van der Waals surface area contributed by atoms with Gasteiger partial charge < -0.3 is 14.6 Å². The van der Waals surface area contributed by atoms with Gasteiger partial charge in [-0.15, -0.1) is 0 Å². The Bertz CT molecular complexity index is 179. The van der Waals surface area contributed by atoms with Gasteiger partial charge in [-0.3, -0.25) is 0 Å². The first-order valence-corrected chi connectivity index (χ1v) is 7.66. The molecule has 0 spiro atoms. The second-order valence-corrected chi connectivity index (χ2v) is 5.33. The number of ether oxygens (including phenoxy) is 2. The number of hydrogen-bond acceptors (Lipinski definition) is 3. The molecule has 1 fully saturated rings. The van der Waals surface area contributed by atoms with E-state index in [9.17, 15) is 5.11 Å². The van der Waals surface area contributed by atoms with Gasteiger partial charge in [0.05, 0.1) is 6.10 Å². The lowest BCUT2D eigenvalue weighted by molar-refractivity contribution is 0.0623. The fraction of sp³-hybridized carbons (Fsp3) is 1.00. The molecule has 0 aliphatic carbocycles. The molecule has 1 atom stereocenters. The highest BCUT2D eigenvalue weighted by Crippen LogP contribution is 2.21. The molecule has 0 aromatic carbocycles. The molecule has 0 amide bonds. The lowest BCUT2D eigenvalue weighted by Gasteiger charge is -2.21. The molecular formula is C15H30O3. The van der Waals surface area contributed by atoms with E-state index in [-0.39, 0.29) is 6.10 Å². The van der Waals surface area contributed by atoms with Crippen molar-refractivity contribution < 1.29 is 14.6 Å². The monoisotopic (exact) mass is 258 g/mol. The normalized spacial score (nSPS) is 19.0. The smallest absolute Gasteiger partial charge is 0.0541 e. The predicted octanol–water partition coefficient (Wildman–Crippen LogP) is 3.15. The molecule has 1 unspecified atom stereocenters. The van der Waals surface area contributed by atoms with Gasteiger partial charge in [-0.25, -0.2) is 0 Å². The lowest BCUT2D eigenvalue weighted by Crippen LogP contribution is -2.15.